The Morgan fingerprint density at radius 2 is 2.00 bits per heavy atom. The number of benzene rings is 1. The first-order valence-electron chi connectivity index (χ1n) is 4.18. The molecule has 2 rings (SSSR count). The minimum absolute atomic E-state index is 0.0630. The SMILES string of the molecule is O=S(=O)(Cl)[C@@H]1C[C@H]1c1ccccc1Br. The van der Waals surface area contributed by atoms with Crippen molar-refractivity contribution < 1.29 is 8.42 Å². The maximum absolute atomic E-state index is 11.0. The van der Waals surface area contributed by atoms with Crippen LogP contribution < -0.4 is 0 Å². The first-order valence-corrected chi connectivity index (χ1v) is 7.34. The molecule has 0 amide bonds. The molecule has 14 heavy (non-hydrogen) atoms. The molecule has 5 heteroatoms. The maximum atomic E-state index is 11.0. The molecular formula is C9H8BrClO2S. The molecule has 0 N–H and O–H groups in total. The lowest BCUT2D eigenvalue weighted by molar-refractivity contribution is 0.607. The first kappa shape index (κ1) is 10.5. The predicted molar refractivity (Wildman–Crippen MR) is 60.1 cm³/mol. The summed E-state index contributed by atoms with van der Waals surface area (Å²) in [6, 6.07) is 7.64. The molecule has 1 fully saturated rings. The molecule has 0 saturated heterocycles. The number of halogens is 2. The lowest BCUT2D eigenvalue weighted by Crippen LogP contribution is -1.99. The zero-order valence-corrected chi connectivity index (χ0v) is 10.3. The Labute approximate surface area is 95.8 Å². The van der Waals surface area contributed by atoms with E-state index in [4.69, 9.17) is 10.7 Å². The highest BCUT2D eigenvalue weighted by atomic mass is 79.9. The van der Waals surface area contributed by atoms with Crippen LogP contribution >= 0.6 is 26.6 Å². The van der Waals surface area contributed by atoms with Crippen molar-refractivity contribution in [2.24, 2.45) is 0 Å². The van der Waals surface area contributed by atoms with Crippen molar-refractivity contribution in [2.75, 3.05) is 0 Å². The summed E-state index contributed by atoms with van der Waals surface area (Å²) in [6.07, 6.45) is 0.633. The van der Waals surface area contributed by atoms with E-state index in [0.717, 1.165) is 10.0 Å². The molecular weight excluding hydrogens is 288 g/mol. The summed E-state index contributed by atoms with van der Waals surface area (Å²) in [5.74, 6) is 0.0630. The lowest BCUT2D eigenvalue weighted by Gasteiger charge is -2.01. The molecule has 1 aromatic carbocycles. The molecule has 1 aromatic rings. The van der Waals surface area contributed by atoms with Gasteiger partial charge in [0.25, 0.3) is 0 Å². The Hall–Kier alpha value is -0.0600. The Bertz CT molecular complexity index is 458. The summed E-state index contributed by atoms with van der Waals surface area (Å²) in [6.45, 7) is 0. The van der Waals surface area contributed by atoms with E-state index in [0.29, 0.717) is 6.42 Å². The summed E-state index contributed by atoms with van der Waals surface area (Å²) in [5, 5.41) is -0.400. The van der Waals surface area contributed by atoms with Gasteiger partial charge in [0.1, 0.15) is 0 Å². The molecule has 0 bridgehead atoms. The van der Waals surface area contributed by atoms with Crippen LogP contribution in [-0.2, 0) is 9.05 Å². The summed E-state index contributed by atoms with van der Waals surface area (Å²) < 4.78 is 23.0. The van der Waals surface area contributed by atoms with Gasteiger partial charge < -0.3 is 0 Å². The average molecular weight is 296 g/mol. The summed E-state index contributed by atoms with van der Waals surface area (Å²) in [5.41, 5.74) is 1.03. The minimum atomic E-state index is -3.39. The summed E-state index contributed by atoms with van der Waals surface area (Å²) >= 11 is 3.39. The maximum Gasteiger partial charge on any atom is 0.236 e. The van der Waals surface area contributed by atoms with Crippen LogP contribution in [0.4, 0.5) is 0 Å². The van der Waals surface area contributed by atoms with Crippen molar-refractivity contribution in [1.82, 2.24) is 0 Å². The zero-order valence-electron chi connectivity index (χ0n) is 7.15. The fraction of sp³-hybridized carbons (Fsp3) is 0.333. The number of hydrogen-bond donors (Lipinski definition) is 0. The van der Waals surface area contributed by atoms with E-state index in [-0.39, 0.29) is 5.92 Å². The van der Waals surface area contributed by atoms with Gasteiger partial charge in [0.2, 0.25) is 9.05 Å². The van der Waals surface area contributed by atoms with Crippen molar-refractivity contribution in [1.29, 1.82) is 0 Å². The van der Waals surface area contributed by atoms with Gasteiger partial charge in [-0.3, -0.25) is 0 Å². The highest BCUT2D eigenvalue weighted by Gasteiger charge is 2.47. The van der Waals surface area contributed by atoms with Crippen molar-refractivity contribution in [3.63, 3.8) is 0 Å². The van der Waals surface area contributed by atoms with Crippen LogP contribution in [0.25, 0.3) is 0 Å². The second-order valence-electron chi connectivity index (χ2n) is 3.38. The second-order valence-corrected chi connectivity index (χ2v) is 7.08. The molecule has 1 saturated carbocycles. The van der Waals surface area contributed by atoms with Crippen molar-refractivity contribution in [3.8, 4) is 0 Å². The van der Waals surface area contributed by atoms with Crippen LogP contribution in [0.5, 0.6) is 0 Å². The Morgan fingerprint density at radius 3 is 2.50 bits per heavy atom. The molecule has 2 atom stereocenters. The topological polar surface area (TPSA) is 34.1 Å². The molecule has 0 heterocycles. The van der Waals surface area contributed by atoms with Gasteiger partial charge >= 0.3 is 0 Å². The standard InChI is InChI=1S/C9H8BrClO2S/c10-8-4-2-1-3-6(8)7-5-9(7)14(11,12)13/h1-4,7,9H,5H2/t7-,9+/m0/s1. The highest BCUT2D eigenvalue weighted by Crippen LogP contribution is 2.49. The van der Waals surface area contributed by atoms with E-state index < -0.39 is 14.3 Å². The van der Waals surface area contributed by atoms with Gasteiger partial charge in [-0.25, -0.2) is 8.42 Å². The molecule has 76 valence electrons. The molecule has 1 aliphatic rings. The van der Waals surface area contributed by atoms with Gasteiger partial charge in [0.15, 0.2) is 0 Å². The van der Waals surface area contributed by atoms with E-state index in [1.54, 1.807) is 0 Å². The molecule has 0 radical (unpaired) electrons. The normalized spacial score (nSPS) is 26.1. The van der Waals surface area contributed by atoms with E-state index in [1.807, 2.05) is 24.3 Å². The quantitative estimate of drug-likeness (QED) is 0.786. The summed E-state index contributed by atoms with van der Waals surface area (Å²) in [4.78, 5) is 0. The van der Waals surface area contributed by atoms with Crippen molar-refractivity contribution in [3.05, 3.63) is 34.3 Å². The predicted octanol–water partition coefficient (Wildman–Crippen LogP) is 2.87. The molecule has 2 nitrogen and oxygen atoms in total. The van der Waals surface area contributed by atoms with E-state index >= 15 is 0 Å². The molecule has 1 aliphatic carbocycles. The van der Waals surface area contributed by atoms with Crippen LogP contribution in [0.15, 0.2) is 28.7 Å². The third kappa shape index (κ3) is 1.97. The monoisotopic (exact) mass is 294 g/mol. The van der Waals surface area contributed by atoms with Gasteiger partial charge in [-0.15, -0.1) is 0 Å². The van der Waals surface area contributed by atoms with Crippen molar-refractivity contribution >= 4 is 35.7 Å². The molecule has 0 aromatic heterocycles. The summed E-state index contributed by atoms with van der Waals surface area (Å²) in [7, 11) is 1.89. The fourth-order valence-electron chi connectivity index (χ4n) is 1.59. The number of hydrogen-bond acceptors (Lipinski definition) is 2. The van der Waals surface area contributed by atoms with Crippen LogP contribution in [0.2, 0.25) is 0 Å². The zero-order chi connectivity index (χ0) is 10.3. The van der Waals surface area contributed by atoms with Crippen LogP contribution in [0.1, 0.15) is 17.9 Å². The average Bonchev–Trinajstić information content (AvgIpc) is 2.83. The third-order valence-electron chi connectivity index (χ3n) is 2.40. The Balaban J connectivity index is 2.26. The van der Waals surface area contributed by atoms with Crippen LogP contribution in [-0.4, -0.2) is 13.7 Å². The van der Waals surface area contributed by atoms with E-state index in [1.165, 1.54) is 0 Å². The van der Waals surface area contributed by atoms with Crippen molar-refractivity contribution in [2.45, 2.75) is 17.6 Å². The van der Waals surface area contributed by atoms with E-state index in [9.17, 15) is 8.42 Å². The molecule has 0 aliphatic heterocycles. The minimum Gasteiger partial charge on any atom is -0.212 e. The number of rotatable bonds is 2. The van der Waals surface area contributed by atoms with Gasteiger partial charge in [-0.2, -0.15) is 0 Å². The fourth-order valence-corrected chi connectivity index (χ4v) is 3.73. The highest BCUT2D eigenvalue weighted by molar-refractivity contribution is 9.10. The first-order chi connectivity index (χ1) is 6.50. The molecule has 0 unspecified atom stereocenters. The lowest BCUT2D eigenvalue weighted by atomic mass is 10.1. The molecule has 0 spiro atoms. The van der Waals surface area contributed by atoms with Gasteiger partial charge in [0.05, 0.1) is 5.25 Å². The van der Waals surface area contributed by atoms with Gasteiger partial charge in [-0.05, 0) is 18.1 Å². The smallest absolute Gasteiger partial charge is 0.212 e. The Morgan fingerprint density at radius 1 is 1.36 bits per heavy atom. The Kier molecular flexibility index (Phi) is 2.62. The third-order valence-corrected chi connectivity index (χ3v) is 5.05. The van der Waals surface area contributed by atoms with Gasteiger partial charge in [0, 0.05) is 21.1 Å². The van der Waals surface area contributed by atoms with Crippen LogP contribution in [0, 0.1) is 0 Å². The van der Waals surface area contributed by atoms with Gasteiger partial charge in [-0.1, -0.05) is 34.1 Å². The largest absolute Gasteiger partial charge is 0.236 e. The second kappa shape index (κ2) is 3.51. The van der Waals surface area contributed by atoms with Crippen LogP contribution in [0.3, 0.4) is 0 Å². The van der Waals surface area contributed by atoms with E-state index in [2.05, 4.69) is 15.9 Å².